The van der Waals surface area contributed by atoms with Crippen LogP contribution in [0.5, 0.6) is 11.5 Å². The number of benzene rings is 2. The summed E-state index contributed by atoms with van der Waals surface area (Å²) in [6, 6.07) is 7.54. The molecule has 0 unspecified atom stereocenters. The molecule has 0 radical (unpaired) electrons. The second kappa shape index (κ2) is 10.6. The molecular formula is C23H26ClFN4O4S2. The summed E-state index contributed by atoms with van der Waals surface area (Å²) in [5.41, 5.74) is 2.51. The molecule has 35 heavy (non-hydrogen) atoms. The van der Waals surface area contributed by atoms with Crippen molar-refractivity contribution in [3.63, 3.8) is 0 Å². The van der Waals surface area contributed by atoms with Gasteiger partial charge in [0, 0.05) is 42.7 Å². The van der Waals surface area contributed by atoms with Gasteiger partial charge in [0.15, 0.2) is 5.82 Å². The van der Waals surface area contributed by atoms with Crippen LogP contribution in [0.15, 0.2) is 46.1 Å². The summed E-state index contributed by atoms with van der Waals surface area (Å²) in [5, 5.41) is 5.00. The van der Waals surface area contributed by atoms with Crippen LogP contribution in [0.3, 0.4) is 0 Å². The Kier molecular flexibility index (Phi) is 7.70. The maximum Gasteiger partial charge on any atom is 0.268 e. The Labute approximate surface area is 213 Å². The van der Waals surface area contributed by atoms with Crippen LogP contribution in [0.4, 0.5) is 15.9 Å². The highest BCUT2D eigenvalue weighted by Gasteiger charge is 2.32. The average molecular weight is 541 g/mol. The van der Waals surface area contributed by atoms with E-state index in [1.54, 1.807) is 23.6 Å². The number of nitrogens with one attached hydrogen (secondary N) is 1. The van der Waals surface area contributed by atoms with Gasteiger partial charge in [-0.25, -0.2) is 22.1 Å². The minimum Gasteiger partial charge on any atom is -0.497 e. The van der Waals surface area contributed by atoms with Crippen LogP contribution in [0.2, 0.25) is 5.02 Å². The molecule has 0 bridgehead atoms. The third-order valence-corrected chi connectivity index (χ3v) is 8.66. The van der Waals surface area contributed by atoms with Crippen molar-refractivity contribution >= 4 is 44.5 Å². The first kappa shape index (κ1) is 25.5. The second-order valence-corrected chi connectivity index (χ2v) is 11.0. The fraction of sp³-hybridized carbons (Fsp3) is 0.348. The van der Waals surface area contributed by atoms with Crippen LogP contribution in [-0.2, 0) is 16.6 Å². The van der Waals surface area contributed by atoms with E-state index in [1.807, 2.05) is 11.9 Å². The fourth-order valence-electron chi connectivity index (χ4n) is 4.03. The zero-order valence-electron chi connectivity index (χ0n) is 19.5. The van der Waals surface area contributed by atoms with E-state index in [2.05, 4.69) is 10.3 Å². The number of hydrogen-bond donors (Lipinski definition) is 1. The lowest BCUT2D eigenvalue weighted by molar-refractivity contribution is 0.391. The molecule has 1 fully saturated rings. The highest BCUT2D eigenvalue weighted by molar-refractivity contribution is 7.92. The van der Waals surface area contributed by atoms with E-state index < -0.39 is 20.7 Å². The molecule has 0 spiro atoms. The number of methoxy groups -OCH3 is 2. The van der Waals surface area contributed by atoms with E-state index in [4.69, 9.17) is 21.1 Å². The van der Waals surface area contributed by atoms with Gasteiger partial charge < -0.3 is 19.7 Å². The lowest BCUT2D eigenvalue weighted by atomic mass is 10.2. The molecule has 1 saturated heterocycles. The van der Waals surface area contributed by atoms with Gasteiger partial charge >= 0.3 is 0 Å². The summed E-state index contributed by atoms with van der Waals surface area (Å²) in [6.07, 6.45) is 0.885. The zero-order valence-corrected chi connectivity index (χ0v) is 21.9. The number of likely N-dealkylation sites (N-methyl/N-ethyl adjacent to an activating group) is 1. The first-order valence-electron chi connectivity index (χ1n) is 10.8. The molecule has 188 valence electrons. The first-order valence-corrected chi connectivity index (χ1v) is 13.6. The number of thiazole rings is 1. The molecule has 1 aromatic heterocycles. The molecule has 1 aliphatic heterocycles. The van der Waals surface area contributed by atoms with Gasteiger partial charge in [-0.1, -0.05) is 11.6 Å². The van der Waals surface area contributed by atoms with Crippen molar-refractivity contribution in [2.45, 2.75) is 23.9 Å². The standard InChI is InChI=1S/C23H26ClFN4O4S2/c1-28(16-6-7-26-11-16)20-10-19(25)22(9-18(20)24)35(30,31)29(23-13-34-14-27-23)12-15-4-5-17(32-2)8-21(15)33-3/h4-5,8-10,13-14,16,26H,6-7,11-12H2,1-3H3/t16-/m0/s1. The van der Waals surface area contributed by atoms with E-state index >= 15 is 4.39 Å². The lowest BCUT2D eigenvalue weighted by Crippen LogP contribution is -2.34. The van der Waals surface area contributed by atoms with Gasteiger partial charge in [0.2, 0.25) is 0 Å². The predicted molar refractivity (Wildman–Crippen MR) is 136 cm³/mol. The quantitative estimate of drug-likeness (QED) is 0.436. The molecule has 2 heterocycles. The number of nitrogens with zero attached hydrogens (tertiary/aromatic N) is 3. The van der Waals surface area contributed by atoms with Crippen molar-refractivity contribution in [3.8, 4) is 11.5 Å². The van der Waals surface area contributed by atoms with E-state index in [9.17, 15) is 8.42 Å². The van der Waals surface area contributed by atoms with Gasteiger partial charge in [-0.05, 0) is 31.2 Å². The number of sulfonamides is 1. The molecule has 0 amide bonds. The summed E-state index contributed by atoms with van der Waals surface area (Å²) in [5.74, 6) is 0.273. The molecule has 1 N–H and O–H groups in total. The van der Waals surface area contributed by atoms with Crippen molar-refractivity contribution in [2.75, 3.05) is 43.6 Å². The van der Waals surface area contributed by atoms with E-state index in [0.717, 1.165) is 23.8 Å². The molecule has 4 rings (SSSR count). The van der Waals surface area contributed by atoms with Gasteiger partial charge in [0.1, 0.15) is 22.2 Å². The SMILES string of the molecule is COc1ccc(CN(c2cscn2)S(=O)(=O)c2cc(Cl)c(N(C)[C@H]3CCNC3)cc2F)c(OC)c1. The highest BCUT2D eigenvalue weighted by Crippen LogP contribution is 2.36. The average Bonchev–Trinajstić information content (AvgIpc) is 3.57. The Bertz CT molecular complexity index is 1280. The fourth-order valence-corrected chi connectivity index (χ4v) is 6.46. The number of halogens is 2. The Morgan fingerprint density at radius 2 is 2.06 bits per heavy atom. The summed E-state index contributed by atoms with van der Waals surface area (Å²) >= 11 is 7.73. The van der Waals surface area contributed by atoms with Gasteiger partial charge in [-0.3, -0.25) is 0 Å². The third-order valence-electron chi connectivity index (χ3n) is 6.01. The van der Waals surface area contributed by atoms with Crippen LogP contribution in [-0.4, -0.2) is 53.8 Å². The number of aromatic nitrogens is 1. The number of ether oxygens (including phenoxy) is 2. The van der Waals surface area contributed by atoms with Crippen molar-refractivity contribution in [1.29, 1.82) is 0 Å². The Balaban J connectivity index is 1.74. The number of hydrogen-bond acceptors (Lipinski definition) is 8. The summed E-state index contributed by atoms with van der Waals surface area (Å²) in [6.45, 7) is 1.47. The monoisotopic (exact) mass is 540 g/mol. The molecular weight excluding hydrogens is 515 g/mol. The summed E-state index contributed by atoms with van der Waals surface area (Å²) < 4.78 is 54.6. The van der Waals surface area contributed by atoms with Crippen LogP contribution in [0.1, 0.15) is 12.0 Å². The summed E-state index contributed by atoms with van der Waals surface area (Å²) in [7, 11) is 0.452. The van der Waals surface area contributed by atoms with Crippen LogP contribution < -0.4 is 24.0 Å². The normalized spacial score (nSPS) is 15.7. The largest absolute Gasteiger partial charge is 0.497 e. The zero-order chi connectivity index (χ0) is 25.2. The molecule has 0 aliphatic carbocycles. The molecule has 2 aromatic carbocycles. The van der Waals surface area contributed by atoms with Crippen LogP contribution in [0.25, 0.3) is 0 Å². The van der Waals surface area contributed by atoms with E-state index in [1.165, 1.54) is 43.2 Å². The Morgan fingerprint density at radius 1 is 1.26 bits per heavy atom. The van der Waals surface area contributed by atoms with Crippen molar-refractivity contribution in [2.24, 2.45) is 0 Å². The smallest absolute Gasteiger partial charge is 0.268 e. The Morgan fingerprint density at radius 3 is 2.69 bits per heavy atom. The van der Waals surface area contributed by atoms with Gasteiger partial charge in [0.05, 0.1) is 37.0 Å². The first-order chi connectivity index (χ1) is 16.8. The molecule has 1 aliphatic rings. The van der Waals surface area contributed by atoms with E-state index in [-0.39, 0.29) is 23.4 Å². The maximum atomic E-state index is 15.4. The Hall–Kier alpha value is -2.60. The van der Waals surface area contributed by atoms with Crippen LogP contribution in [0, 0.1) is 5.82 Å². The topological polar surface area (TPSA) is 84.0 Å². The van der Waals surface area contributed by atoms with Crippen molar-refractivity contribution in [1.82, 2.24) is 10.3 Å². The lowest BCUT2D eigenvalue weighted by Gasteiger charge is -2.28. The minimum absolute atomic E-state index is 0.133. The highest BCUT2D eigenvalue weighted by atomic mass is 35.5. The van der Waals surface area contributed by atoms with Gasteiger partial charge in [0.25, 0.3) is 10.0 Å². The maximum absolute atomic E-state index is 15.4. The van der Waals surface area contributed by atoms with Crippen molar-refractivity contribution < 1.29 is 22.3 Å². The van der Waals surface area contributed by atoms with Crippen molar-refractivity contribution in [3.05, 3.63) is 57.6 Å². The van der Waals surface area contributed by atoms with Crippen LogP contribution >= 0.6 is 22.9 Å². The molecule has 0 saturated carbocycles. The number of anilines is 2. The van der Waals surface area contributed by atoms with E-state index in [0.29, 0.717) is 22.7 Å². The molecule has 1 atom stereocenters. The van der Waals surface area contributed by atoms with Gasteiger partial charge in [-0.2, -0.15) is 0 Å². The minimum atomic E-state index is -4.38. The molecule has 3 aromatic rings. The third kappa shape index (κ3) is 5.18. The summed E-state index contributed by atoms with van der Waals surface area (Å²) in [4.78, 5) is 5.53. The predicted octanol–water partition coefficient (Wildman–Crippen LogP) is 4.15. The number of rotatable bonds is 9. The van der Waals surface area contributed by atoms with Gasteiger partial charge in [-0.15, -0.1) is 11.3 Å². The molecule has 12 heteroatoms. The molecule has 8 nitrogen and oxygen atoms in total. The second-order valence-electron chi connectivity index (χ2n) is 8.03.